The van der Waals surface area contributed by atoms with Crippen LogP contribution in [0.2, 0.25) is 0 Å². The Kier molecular flexibility index (Phi) is 6.29. The molecule has 7 rings (SSSR count). The number of para-hydroxylation sites is 1. The van der Waals surface area contributed by atoms with Crippen LogP contribution in [0.5, 0.6) is 11.5 Å². The van der Waals surface area contributed by atoms with Crippen molar-refractivity contribution in [3.8, 4) is 11.5 Å². The van der Waals surface area contributed by atoms with Crippen molar-refractivity contribution in [1.82, 2.24) is 0 Å². The Balaban J connectivity index is 1.57. The number of nitrogens with zero attached hydrogens (tertiary/aromatic N) is 1. The SMILES string of the molecule is COc1ccc(OC)c(C(=O)[C@@H]2[C@H](C(=O)c3cccs3)N3c4ccc(C)cc4C(C)=C[C@H]3[C@@]23C(=O)Nc2ccccc23)c1. The van der Waals surface area contributed by atoms with Crippen molar-refractivity contribution < 1.29 is 23.9 Å². The number of benzene rings is 3. The normalized spacial score (nSPS) is 23.3. The lowest BCUT2D eigenvalue weighted by molar-refractivity contribution is -0.121. The van der Waals surface area contributed by atoms with E-state index < -0.39 is 23.4 Å². The van der Waals surface area contributed by atoms with Crippen LogP contribution in [0.25, 0.3) is 5.57 Å². The summed E-state index contributed by atoms with van der Waals surface area (Å²) in [6, 6.07) is 20.7. The van der Waals surface area contributed by atoms with Crippen molar-refractivity contribution in [2.24, 2.45) is 5.92 Å². The highest BCUT2D eigenvalue weighted by molar-refractivity contribution is 7.12. The number of allylic oxidation sites excluding steroid dienone is 1. The molecule has 43 heavy (non-hydrogen) atoms. The van der Waals surface area contributed by atoms with Crippen LogP contribution in [-0.2, 0) is 10.2 Å². The van der Waals surface area contributed by atoms with Crippen LogP contribution in [0.4, 0.5) is 11.4 Å². The number of anilines is 2. The Labute approximate surface area is 253 Å². The molecule has 0 unspecified atom stereocenters. The molecule has 1 amide bonds. The molecule has 3 aromatic carbocycles. The fraction of sp³-hybridized carbons (Fsp3) is 0.229. The molecule has 4 heterocycles. The van der Waals surface area contributed by atoms with Gasteiger partial charge in [0, 0.05) is 16.9 Å². The lowest BCUT2D eigenvalue weighted by atomic mass is 9.64. The largest absolute Gasteiger partial charge is 0.497 e. The monoisotopic (exact) mass is 590 g/mol. The summed E-state index contributed by atoms with van der Waals surface area (Å²) in [5.74, 6) is -1.12. The summed E-state index contributed by atoms with van der Waals surface area (Å²) >= 11 is 1.33. The average molecular weight is 591 g/mol. The van der Waals surface area contributed by atoms with Gasteiger partial charge in [-0.1, -0.05) is 42.0 Å². The first-order valence-electron chi connectivity index (χ1n) is 14.1. The number of ketones is 2. The second-order valence-corrected chi connectivity index (χ2v) is 12.2. The fourth-order valence-electron chi connectivity index (χ4n) is 7.28. The van der Waals surface area contributed by atoms with Gasteiger partial charge in [-0.2, -0.15) is 0 Å². The highest BCUT2D eigenvalue weighted by atomic mass is 32.1. The molecule has 8 heteroatoms. The van der Waals surface area contributed by atoms with Crippen LogP contribution in [0.1, 0.15) is 43.6 Å². The van der Waals surface area contributed by atoms with Gasteiger partial charge in [-0.3, -0.25) is 14.4 Å². The number of hydrogen-bond acceptors (Lipinski definition) is 7. The smallest absolute Gasteiger partial charge is 0.238 e. The van der Waals surface area contributed by atoms with E-state index in [1.807, 2.05) is 66.6 Å². The standard InChI is InChI=1S/C35H30N2O5S/c1-19-11-13-26-22(16-19)20(2)17-29-35(24-8-5-6-9-25(24)36-34(35)40)30(31(37(26)29)33(39)28-10-7-15-43-28)32(38)23-18-21(41-3)12-14-27(23)42-4/h5-18,29-31H,1-4H3,(H,36,40)/t29-,30-,31+,35+/m0/s1. The van der Waals surface area contributed by atoms with Crippen molar-refractivity contribution in [3.63, 3.8) is 0 Å². The quantitative estimate of drug-likeness (QED) is 0.265. The zero-order valence-corrected chi connectivity index (χ0v) is 25.0. The minimum atomic E-state index is -1.40. The van der Waals surface area contributed by atoms with Crippen molar-refractivity contribution in [2.75, 3.05) is 24.4 Å². The van der Waals surface area contributed by atoms with Crippen molar-refractivity contribution in [2.45, 2.75) is 31.3 Å². The molecule has 7 nitrogen and oxygen atoms in total. The van der Waals surface area contributed by atoms with Crippen LogP contribution >= 0.6 is 11.3 Å². The first kappa shape index (κ1) is 27.2. The lowest BCUT2D eigenvalue weighted by Crippen LogP contribution is -2.51. The zero-order valence-electron chi connectivity index (χ0n) is 24.2. The van der Waals surface area contributed by atoms with E-state index in [9.17, 15) is 9.59 Å². The number of Topliss-reactive ketones (excluding diaryl/α,β-unsaturated/α-hetero) is 2. The molecule has 1 aromatic heterocycles. The first-order chi connectivity index (χ1) is 20.8. The molecule has 0 radical (unpaired) electrons. The molecule has 0 aliphatic carbocycles. The van der Waals surface area contributed by atoms with Gasteiger partial charge in [0.2, 0.25) is 5.91 Å². The highest BCUT2D eigenvalue weighted by Gasteiger charge is 2.70. The highest BCUT2D eigenvalue weighted by Crippen LogP contribution is 2.59. The fourth-order valence-corrected chi connectivity index (χ4v) is 7.98. The van der Waals surface area contributed by atoms with Crippen LogP contribution in [0, 0.1) is 12.8 Å². The third-order valence-electron chi connectivity index (χ3n) is 9.12. The van der Waals surface area contributed by atoms with Crippen molar-refractivity contribution >= 4 is 45.8 Å². The number of fused-ring (bicyclic) bond motifs is 6. The zero-order chi connectivity index (χ0) is 30.0. The summed E-state index contributed by atoms with van der Waals surface area (Å²) in [6.45, 7) is 4.06. The molecule has 3 aliphatic heterocycles. The van der Waals surface area contributed by atoms with Crippen LogP contribution in [0.3, 0.4) is 0 Å². The molecule has 1 N–H and O–H groups in total. The predicted molar refractivity (Wildman–Crippen MR) is 168 cm³/mol. The summed E-state index contributed by atoms with van der Waals surface area (Å²) in [4.78, 5) is 47.0. The topological polar surface area (TPSA) is 84.9 Å². The van der Waals surface area contributed by atoms with E-state index in [1.165, 1.54) is 25.6 Å². The summed E-state index contributed by atoms with van der Waals surface area (Å²) in [7, 11) is 3.03. The maximum atomic E-state index is 15.2. The van der Waals surface area contributed by atoms with Crippen LogP contribution < -0.4 is 19.7 Å². The van der Waals surface area contributed by atoms with E-state index in [2.05, 4.69) is 17.5 Å². The van der Waals surface area contributed by atoms with E-state index in [1.54, 1.807) is 24.3 Å². The molecule has 1 fully saturated rings. The number of ether oxygens (including phenoxy) is 2. The molecule has 0 bridgehead atoms. The number of carbonyl (C=O) groups excluding carboxylic acids is 3. The third-order valence-corrected chi connectivity index (χ3v) is 10.0. The molecule has 1 saturated heterocycles. The number of rotatable bonds is 6. The first-order valence-corrected chi connectivity index (χ1v) is 15.0. The minimum absolute atomic E-state index is 0.200. The van der Waals surface area contributed by atoms with Gasteiger partial charge in [0.05, 0.1) is 36.6 Å². The molecule has 216 valence electrons. The molecular weight excluding hydrogens is 560 g/mol. The maximum absolute atomic E-state index is 15.2. The third kappa shape index (κ3) is 3.75. The van der Waals surface area contributed by atoms with E-state index in [4.69, 9.17) is 9.47 Å². The summed E-state index contributed by atoms with van der Waals surface area (Å²) in [5.41, 5.74) is 4.09. The number of methoxy groups -OCH3 is 2. The summed E-state index contributed by atoms with van der Waals surface area (Å²) in [6.07, 6.45) is 2.06. The molecule has 0 saturated carbocycles. The van der Waals surface area contributed by atoms with E-state index in [-0.39, 0.29) is 23.0 Å². The Morgan fingerprint density at radius 3 is 2.49 bits per heavy atom. The average Bonchev–Trinajstić information content (AvgIpc) is 3.73. The maximum Gasteiger partial charge on any atom is 0.238 e. The second kappa shape index (κ2) is 9.95. The number of amides is 1. The number of carbonyl (C=O) groups is 3. The van der Waals surface area contributed by atoms with E-state index >= 15 is 4.79 Å². The number of hydrogen-bond donors (Lipinski definition) is 1. The summed E-state index contributed by atoms with van der Waals surface area (Å²) in [5, 5.41) is 4.93. The Morgan fingerprint density at radius 2 is 1.74 bits per heavy atom. The van der Waals surface area contributed by atoms with Crippen molar-refractivity contribution in [3.05, 3.63) is 111 Å². The van der Waals surface area contributed by atoms with Gasteiger partial charge >= 0.3 is 0 Å². The van der Waals surface area contributed by atoms with Crippen LogP contribution in [-0.4, -0.2) is 43.8 Å². The van der Waals surface area contributed by atoms with Gasteiger partial charge in [-0.15, -0.1) is 11.3 Å². The number of aryl methyl sites for hydroxylation is 1. The molecule has 4 atom stereocenters. The van der Waals surface area contributed by atoms with Gasteiger partial charge < -0.3 is 19.7 Å². The number of thiophene rings is 1. The molecule has 1 spiro atoms. The van der Waals surface area contributed by atoms with E-state index in [0.717, 1.165) is 22.4 Å². The minimum Gasteiger partial charge on any atom is -0.497 e. The van der Waals surface area contributed by atoms with Gasteiger partial charge in [0.15, 0.2) is 11.6 Å². The number of nitrogens with one attached hydrogen (secondary N) is 1. The Bertz CT molecular complexity index is 1840. The van der Waals surface area contributed by atoms with Gasteiger partial charge in [0.1, 0.15) is 23.0 Å². The van der Waals surface area contributed by atoms with Crippen molar-refractivity contribution in [1.29, 1.82) is 0 Å². The van der Waals surface area contributed by atoms with Gasteiger partial charge in [0.25, 0.3) is 0 Å². The lowest BCUT2D eigenvalue weighted by Gasteiger charge is -2.39. The van der Waals surface area contributed by atoms with Gasteiger partial charge in [-0.25, -0.2) is 0 Å². The molecule has 3 aliphatic rings. The van der Waals surface area contributed by atoms with E-state index in [0.29, 0.717) is 27.6 Å². The van der Waals surface area contributed by atoms with Crippen LogP contribution in [0.15, 0.2) is 84.3 Å². The molecular formula is C35H30N2O5S. The van der Waals surface area contributed by atoms with Gasteiger partial charge in [-0.05, 0) is 72.8 Å². The Morgan fingerprint density at radius 1 is 0.930 bits per heavy atom. The predicted octanol–water partition coefficient (Wildman–Crippen LogP) is 6.32. The summed E-state index contributed by atoms with van der Waals surface area (Å²) < 4.78 is 11.1. The Hall–Kier alpha value is -4.69. The molecule has 4 aromatic rings. The second-order valence-electron chi connectivity index (χ2n) is 11.3.